The quantitative estimate of drug-likeness (QED) is 0.0803. The average Bonchev–Trinajstić information content (AvgIpc) is 3.57. The third-order valence-corrected chi connectivity index (χ3v) is 10.0. The SMILES string of the molecule is C=C(/C=C(\C=C(\C)C(C)CC)C(=O)CCCC)c1cnn(C)c1CCCCCN1C(=C)Nc2ccc(OC3CCN(P)CC3)cc21. The van der Waals surface area contributed by atoms with Crippen LogP contribution in [-0.4, -0.2) is 46.0 Å². The molecule has 250 valence electrons. The van der Waals surface area contributed by atoms with Gasteiger partial charge in [-0.3, -0.25) is 14.1 Å². The third kappa shape index (κ3) is 9.45. The fourth-order valence-electron chi connectivity index (χ4n) is 6.15. The minimum absolute atomic E-state index is 0.190. The van der Waals surface area contributed by atoms with Crippen molar-refractivity contribution in [1.82, 2.24) is 14.5 Å². The van der Waals surface area contributed by atoms with Gasteiger partial charge in [-0.1, -0.05) is 67.8 Å². The second-order valence-corrected chi connectivity index (χ2v) is 13.8. The number of rotatable bonds is 17. The minimum atomic E-state index is 0.190. The van der Waals surface area contributed by atoms with Crippen LogP contribution >= 0.6 is 9.39 Å². The summed E-state index contributed by atoms with van der Waals surface area (Å²) in [6.07, 6.45) is 15.9. The van der Waals surface area contributed by atoms with Gasteiger partial charge < -0.3 is 15.0 Å². The molecule has 1 aromatic heterocycles. The van der Waals surface area contributed by atoms with Gasteiger partial charge in [0.1, 0.15) is 17.7 Å². The molecular weight excluding hydrogens is 589 g/mol. The Labute approximate surface area is 280 Å². The van der Waals surface area contributed by atoms with E-state index in [2.05, 4.69) is 94.5 Å². The number of allylic oxidation sites excluding steroid dienone is 5. The average molecular weight is 646 g/mol. The van der Waals surface area contributed by atoms with E-state index in [1.165, 1.54) is 5.57 Å². The number of piperidine rings is 1. The smallest absolute Gasteiger partial charge is 0.162 e. The molecule has 0 saturated carbocycles. The first-order valence-electron chi connectivity index (χ1n) is 17.3. The van der Waals surface area contributed by atoms with Gasteiger partial charge in [-0.15, -0.1) is 0 Å². The summed E-state index contributed by atoms with van der Waals surface area (Å²) >= 11 is 0. The number of ketones is 1. The number of Topliss-reactive ketones (excluding diaryl/α,β-unsaturated/α-hetero) is 1. The number of unbranched alkanes of at least 4 members (excludes halogenated alkanes) is 3. The molecule has 2 unspecified atom stereocenters. The number of nitrogens with one attached hydrogen (secondary N) is 1. The van der Waals surface area contributed by atoms with Crippen molar-refractivity contribution in [1.29, 1.82) is 0 Å². The van der Waals surface area contributed by atoms with Crippen LogP contribution in [0.3, 0.4) is 0 Å². The molecule has 1 N–H and O–H groups in total. The standard InChI is InChI=1S/C38H56N5O2P/c1-8-10-15-38(44)31(23-28(4)27(3)9-2)24-29(5)34-26-39-41(7)36(34)14-12-11-13-20-43-30(6)40-35-17-16-33(25-37(35)43)45-32-18-21-42(46)22-19-32/h16-17,23-27,32,40H,5-6,8-15,18-22,46H2,1-4,7H3/b28-23-,31-24+. The first-order chi connectivity index (χ1) is 22.1. The molecule has 0 bridgehead atoms. The second-order valence-electron chi connectivity index (χ2n) is 13.0. The lowest BCUT2D eigenvalue weighted by Gasteiger charge is -2.29. The van der Waals surface area contributed by atoms with Crippen molar-refractivity contribution in [2.45, 2.75) is 98.0 Å². The van der Waals surface area contributed by atoms with Crippen molar-refractivity contribution in [3.05, 3.63) is 77.9 Å². The van der Waals surface area contributed by atoms with E-state index >= 15 is 0 Å². The molecule has 8 heteroatoms. The predicted octanol–water partition coefficient (Wildman–Crippen LogP) is 8.86. The van der Waals surface area contributed by atoms with Crippen molar-refractivity contribution in [3.8, 4) is 5.75 Å². The summed E-state index contributed by atoms with van der Waals surface area (Å²) < 4.78 is 10.6. The number of carbonyl (C=O) groups excluding carboxylic acids is 1. The van der Waals surface area contributed by atoms with Crippen molar-refractivity contribution >= 4 is 32.1 Å². The maximum absolute atomic E-state index is 13.2. The molecule has 0 spiro atoms. The lowest BCUT2D eigenvalue weighted by Crippen LogP contribution is -2.32. The van der Waals surface area contributed by atoms with Crippen LogP contribution in [0.1, 0.15) is 96.7 Å². The highest BCUT2D eigenvalue weighted by Gasteiger charge is 2.24. The number of hydrogen-bond donors (Lipinski definition) is 1. The van der Waals surface area contributed by atoms with Crippen molar-refractivity contribution in [2.75, 3.05) is 29.9 Å². The van der Waals surface area contributed by atoms with E-state index in [1.54, 1.807) is 0 Å². The fourth-order valence-corrected chi connectivity index (χ4v) is 6.45. The van der Waals surface area contributed by atoms with Gasteiger partial charge >= 0.3 is 0 Å². The zero-order valence-electron chi connectivity index (χ0n) is 28.9. The number of aryl methyl sites for hydroxylation is 1. The molecule has 0 amide bonds. The molecule has 2 aliphatic rings. The summed E-state index contributed by atoms with van der Waals surface area (Å²) in [4.78, 5) is 15.5. The highest BCUT2D eigenvalue weighted by atomic mass is 31.0. The minimum Gasteiger partial charge on any atom is -0.490 e. The second kappa shape index (κ2) is 17.1. The van der Waals surface area contributed by atoms with E-state index in [0.29, 0.717) is 12.3 Å². The van der Waals surface area contributed by atoms with Crippen molar-refractivity contribution < 1.29 is 9.53 Å². The molecule has 7 nitrogen and oxygen atoms in total. The van der Waals surface area contributed by atoms with Gasteiger partial charge in [0.05, 0.1) is 17.6 Å². The van der Waals surface area contributed by atoms with Crippen LogP contribution in [-0.2, 0) is 18.3 Å². The summed E-state index contributed by atoms with van der Waals surface area (Å²) in [5, 5.41) is 8.02. The molecular formula is C38H56N5O2P. The zero-order valence-corrected chi connectivity index (χ0v) is 30.1. The molecule has 1 fully saturated rings. The fraction of sp³-hybridized carbons (Fsp3) is 0.526. The number of anilines is 2. The van der Waals surface area contributed by atoms with E-state index in [-0.39, 0.29) is 11.9 Å². The Balaban J connectivity index is 1.35. The van der Waals surface area contributed by atoms with Gasteiger partial charge in [-0.2, -0.15) is 5.10 Å². The monoisotopic (exact) mass is 645 g/mol. The first kappa shape index (κ1) is 35.7. The molecule has 2 atom stereocenters. The Bertz CT molecular complexity index is 1430. The summed E-state index contributed by atoms with van der Waals surface area (Å²) in [6.45, 7) is 20.3. The number of carbonyl (C=O) groups is 1. The molecule has 2 aliphatic heterocycles. The van der Waals surface area contributed by atoms with Crippen molar-refractivity contribution in [2.24, 2.45) is 13.0 Å². The summed E-state index contributed by atoms with van der Waals surface area (Å²) in [5.74, 6) is 2.48. The lowest BCUT2D eigenvalue weighted by molar-refractivity contribution is -0.115. The molecule has 0 aliphatic carbocycles. The number of fused-ring (bicyclic) bond motifs is 1. The van der Waals surface area contributed by atoms with Crippen LogP contribution in [0.25, 0.3) is 5.57 Å². The molecule has 3 heterocycles. The van der Waals surface area contributed by atoms with E-state index in [9.17, 15) is 4.79 Å². The normalized spacial score (nSPS) is 16.8. The maximum atomic E-state index is 13.2. The van der Waals surface area contributed by atoms with E-state index < -0.39 is 0 Å². The van der Waals surface area contributed by atoms with Crippen LogP contribution in [0, 0.1) is 5.92 Å². The lowest BCUT2D eigenvalue weighted by atomic mass is 9.93. The topological polar surface area (TPSA) is 62.6 Å². The molecule has 1 saturated heterocycles. The van der Waals surface area contributed by atoms with Gasteiger partial charge in [0.15, 0.2) is 5.78 Å². The van der Waals surface area contributed by atoms with Crippen LogP contribution in [0.4, 0.5) is 11.4 Å². The van der Waals surface area contributed by atoms with Crippen LogP contribution in [0.2, 0.25) is 0 Å². The van der Waals surface area contributed by atoms with E-state index in [4.69, 9.17) is 4.74 Å². The predicted molar refractivity (Wildman–Crippen MR) is 197 cm³/mol. The number of ether oxygens (including phenoxy) is 1. The summed E-state index contributed by atoms with van der Waals surface area (Å²) in [6, 6.07) is 6.34. The number of hydrogen-bond acceptors (Lipinski definition) is 6. The zero-order chi connectivity index (χ0) is 33.2. The van der Waals surface area contributed by atoms with Crippen LogP contribution in [0.15, 0.2) is 66.7 Å². The Morgan fingerprint density at radius 2 is 1.93 bits per heavy atom. The molecule has 4 rings (SSSR count). The molecule has 2 aromatic rings. The third-order valence-electron chi connectivity index (χ3n) is 9.53. The van der Waals surface area contributed by atoms with E-state index in [0.717, 1.165) is 123 Å². The first-order valence-corrected chi connectivity index (χ1v) is 17.8. The van der Waals surface area contributed by atoms with Gasteiger partial charge in [-0.05, 0) is 81.6 Å². The highest BCUT2D eigenvalue weighted by Crippen LogP contribution is 2.39. The molecule has 46 heavy (non-hydrogen) atoms. The van der Waals surface area contributed by atoms with Crippen molar-refractivity contribution in [3.63, 3.8) is 0 Å². The Kier molecular flexibility index (Phi) is 13.3. The Morgan fingerprint density at radius 3 is 2.65 bits per heavy atom. The number of aromatic nitrogens is 2. The largest absolute Gasteiger partial charge is 0.490 e. The van der Waals surface area contributed by atoms with E-state index in [1.807, 2.05) is 24.0 Å². The maximum Gasteiger partial charge on any atom is 0.162 e. The summed E-state index contributed by atoms with van der Waals surface area (Å²) in [7, 11) is 4.80. The highest BCUT2D eigenvalue weighted by molar-refractivity contribution is 7.13. The van der Waals surface area contributed by atoms with Crippen LogP contribution < -0.4 is 15.0 Å². The number of nitrogens with zero attached hydrogens (tertiary/aromatic N) is 4. The van der Waals surface area contributed by atoms with Gasteiger partial charge in [0, 0.05) is 56.0 Å². The van der Waals surface area contributed by atoms with Gasteiger partial charge in [0.2, 0.25) is 0 Å². The Hall–Kier alpha value is -3.15. The van der Waals surface area contributed by atoms with Gasteiger partial charge in [-0.25, -0.2) is 0 Å². The van der Waals surface area contributed by atoms with Gasteiger partial charge in [0.25, 0.3) is 0 Å². The number of benzene rings is 1. The summed E-state index contributed by atoms with van der Waals surface area (Å²) in [5.41, 5.74) is 7.26. The molecule has 1 aromatic carbocycles. The Morgan fingerprint density at radius 1 is 1.17 bits per heavy atom. The molecule has 0 radical (unpaired) electrons. The van der Waals surface area contributed by atoms with Crippen LogP contribution in [0.5, 0.6) is 5.75 Å².